The zero-order valence-electron chi connectivity index (χ0n) is 17.7. The molecular formula is C24H29NO6. The molecule has 0 atom stereocenters. The fourth-order valence-electron chi connectivity index (χ4n) is 3.82. The number of carbonyl (C=O) groups is 2. The van der Waals surface area contributed by atoms with E-state index >= 15 is 0 Å². The van der Waals surface area contributed by atoms with E-state index in [0.29, 0.717) is 36.5 Å². The van der Waals surface area contributed by atoms with Gasteiger partial charge in [0.2, 0.25) is 0 Å². The van der Waals surface area contributed by atoms with Gasteiger partial charge in [-0.05, 0) is 61.8 Å². The highest BCUT2D eigenvalue weighted by Gasteiger charge is 2.25. The fourth-order valence-corrected chi connectivity index (χ4v) is 3.82. The van der Waals surface area contributed by atoms with Crippen molar-refractivity contribution in [3.05, 3.63) is 54.6 Å². The minimum absolute atomic E-state index is 0.253. The second kappa shape index (κ2) is 11.4. The maximum absolute atomic E-state index is 13.0. The molecule has 7 nitrogen and oxygen atoms in total. The van der Waals surface area contributed by atoms with E-state index in [0.717, 1.165) is 31.4 Å². The SMILES string of the molecule is COc1cccc(N(C(=O)OC[C@H]2CC[C@H](COCC(=O)O)CC2)c2ccccc2)c1. The quantitative estimate of drug-likeness (QED) is 0.614. The number of amides is 1. The molecule has 0 heterocycles. The molecule has 1 amide bonds. The van der Waals surface area contributed by atoms with Gasteiger partial charge in [0.25, 0.3) is 0 Å². The minimum atomic E-state index is -0.945. The van der Waals surface area contributed by atoms with E-state index in [2.05, 4.69) is 0 Å². The fraction of sp³-hybridized carbons (Fsp3) is 0.417. The number of hydrogen-bond acceptors (Lipinski definition) is 5. The topological polar surface area (TPSA) is 85.3 Å². The Morgan fingerprint density at radius 3 is 2.23 bits per heavy atom. The highest BCUT2D eigenvalue weighted by atomic mass is 16.6. The molecule has 2 aromatic carbocycles. The predicted octanol–water partition coefficient (Wildman–Crippen LogP) is 4.88. The molecule has 0 unspecified atom stereocenters. The Hall–Kier alpha value is -3.06. The highest BCUT2D eigenvalue weighted by Crippen LogP contribution is 2.31. The van der Waals surface area contributed by atoms with Crippen molar-refractivity contribution in [2.75, 3.05) is 31.8 Å². The maximum atomic E-state index is 13.0. The molecule has 0 saturated heterocycles. The van der Waals surface area contributed by atoms with Crippen LogP contribution in [0.15, 0.2) is 54.6 Å². The first-order valence-corrected chi connectivity index (χ1v) is 10.5. The van der Waals surface area contributed by atoms with Gasteiger partial charge in [-0.15, -0.1) is 0 Å². The first kappa shape index (κ1) is 22.6. The number of aliphatic carboxylic acids is 1. The Balaban J connectivity index is 1.57. The van der Waals surface area contributed by atoms with Gasteiger partial charge in [0.05, 0.1) is 31.7 Å². The third-order valence-corrected chi connectivity index (χ3v) is 5.50. The van der Waals surface area contributed by atoms with Crippen LogP contribution in [-0.2, 0) is 14.3 Å². The van der Waals surface area contributed by atoms with Crippen molar-refractivity contribution < 1.29 is 28.9 Å². The Kier molecular flexibility index (Phi) is 8.29. The standard InChI is InChI=1S/C24H29NO6/c1-29-22-9-5-8-21(14-22)25(20-6-3-2-4-7-20)24(28)31-16-19-12-10-18(11-13-19)15-30-17-23(26)27/h2-9,14,18-19H,10-13,15-17H2,1H3,(H,26,27)/t18-,19-. The monoisotopic (exact) mass is 427 g/mol. The van der Waals surface area contributed by atoms with Crippen molar-refractivity contribution in [3.8, 4) is 5.75 Å². The molecule has 1 fully saturated rings. The number of methoxy groups -OCH3 is 1. The number of ether oxygens (including phenoxy) is 3. The second-order valence-corrected chi connectivity index (χ2v) is 7.74. The summed E-state index contributed by atoms with van der Waals surface area (Å²) in [7, 11) is 1.59. The number of carboxylic acids is 1. The average molecular weight is 427 g/mol. The number of para-hydroxylation sites is 1. The molecular weight excluding hydrogens is 398 g/mol. The van der Waals surface area contributed by atoms with Gasteiger partial charge >= 0.3 is 12.1 Å². The average Bonchev–Trinajstić information content (AvgIpc) is 2.79. The summed E-state index contributed by atoms with van der Waals surface area (Å²) in [5, 5.41) is 8.66. The van der Waals surface area contributed by atoms with Crippen molar-refractivity contribution in [3.63, 3.8) is 0 Å². The predicted molar refractivity (Wildman–Crippen MR) is 117 cm³/mol. The van der Waals surface area contributed by atoms with Crippen LogP contribution in [0.25, 0.3) is 0 Å². The summed E-state index contributed by atoms with van der Waals surface area (Å²) < 4.78 is 16.2. The number of anilines is 2. The van der Waals surface area contributed by atoms with Crippen LogP contribution < -0.4 is 9.64 Å². The summed E-state index contributed by atoms with van der Waals surface area (Å²) in [4.78, 5) is 25.1. The van der Waals surface area contributed by atoms with Crippen LogP contribution in [-0.4, -0.2) is 44.1 Å². The zero-order chi connectivity index (χ0) is 22.1. The lowest BCUT2D eigenvalue weighted by Gasteiger charge is -2.29. The second-order valence-electron chi connectivity index (χ2n) is 7.74. The normalized spacial score (nSPS) is 18.2. The Morgan fingerprint density at radius 2 is 1.58 bits per heavy atom. The number of nitrogens with zero attached hydrogens (tertiary/aromatic N) is 1. The van der Waals surface area contributed by atoms with E-state index in [-0.39, 0.29) is 6.61 Å². The van der Waals surface area contributed by atoms with Gasteiger partial charge in [0, 0.05) is 6.07 Å². The molecule has 1 saturated carbocycles. The van der Waals surface area contributed by atoms with Crippen molar-refractivity contribution >= 4 is 23.4 Å². The Bertz CT molecular complexity index is 848. The summed E-state index contributed by atoms with van der Waals surface area (Å²) >= 11 is 0. The summed E-state index contributed by atoms with van der Waals surface area (Å²) in [5.41, 5.74) is 1.40. The van der Waals surface area contributed by atoms with Crippen molar-refractivity contribution in [2.24, 2.45) is 11.8 Å². The number of carboxylic acid groups (broad SMARTS) is 1. The van der Waals surface area contributed by atoms with E-state index in [1.807, 2.05) is 48.5 Å². The van der Waals surface area contributed by atoms with E-state index < -0.39 is 12.1 Å². The van der Waals surface area contributed by atoms with Gasteiger partial charge < -0.3 is 19.3 Å². The van der Waals surface area contributed by atoms with Gasteiger partial charge in [-0.25, -0.2) is 14.5 Å². The first-order chi connectivity index (χ1) is 15.1. The number of benzene rings is 2. The van der Waals surface area contributed by atoms with Crippen molar-refractivity contribution in [2.45, 2.75) is 25.7 Å². The smallest absolute Gasteiger partial charge is 0.418 e. The van der Waals surface area contributed by atoms with E-state index in [1.54, 1.807) is 18.1 Å². The molecule has 0 spiro atoms. The van der Waals surface area contributed by atoms with Crippen LogP contribution in [0.5, 0.6) is 5.75 Å². The third kappa shape index (κ3) is 6.72. The van der Waals surface area contributed by atoms with Crippen molar-refractivity contribution in [1.82, 2.24) is 0 Å². The van der Waals surface area contributed by atoms with Crippen LogP contribution in [0, 0.1) is 11.8 Å². The molecule has 7 heteroatoms. The molecule has 0 radical (unpaired) electrons. The molecule has 0 aromatic heterocycles. The largest absolute Gasteiger partial charge is 0.497 e. The lowest BCUT2D eigenvalue weighted by molar-refractivity contribution is -0.142. The lowest BCUT2D eigenvalue weighted by atomic mass is 9.83. The van der Waals surface area contributed by atoms with E-state index in [4.69, 9.17) is 19.3 Å². The Labute approximate surface area is 182 Å². The van der Waals surface area contributed by atoms with Crippen LogP contribution in [0.2, 0.25) is 0 Å². The lowest BCUT2D eigenvalue weighted by Crippen LogP contribution is -2.30. The molecule has 3 rings (SSSR count). The maximum Gasteiger partial charge on any atom is 0.418 e. The van der Waals surface area contributed by atoms with Gasteiger partial charge in [-0.3, -0.25) is 0 Å². The molecule has 2 aromatic rings. The minimum Gasteiger partial charge on any atom is -0.497 e. The van der Waals surface area contributed by atoms with Crippen LogP contribution >= 0.6 is 0 Å². The molecule has 1 aliphatic carbocycles. The van der Waals surface area contributed by atoms with Gasteiger partial charge in [0.15, 0.2) is 0 Å². The highest BCUT2D eigenvalue weighted by molar-refractivity contribution is 5.96. The molecule has 166 valence electrons. The van der Waals surface area contributed by atoms with Crippen molar-refractivity contribution in [1.29, 1.82) is 0 Å². The van der Waals surface area contributed by atoms with E-state index in [1.165, 1.54) is 0 Å². The Morgan fingerprint density at radius 1 is 0.935 bits per heavy atom. The van der Waals surface area contributed by atoms with Crippen LogP contribution in [0.4, 0.5) is 16.2 Å². The number of rotatable bonds is 9. The zero-order valence-corrected chi connectivity index (χ0v) is 17.7. The van der Waals surface area contributed by atoms with Crippen LogP contribution in [0.3, 0.4) is 0 Å². The third-order valence-electron chi connectivity index (χ3n) is 5.50. The van der Waals surface area contributed by atoms with Gasteiger partial charge in [-0.2, -0.15) is 0 Å². The van der Waals surface area contributed by atoms with Crippen LogP contribution in [0.1, 0.15) is 25.7 Å². The summed E-state index contributed by atoms with van der Waals surface area (Å²) in [5.74, 6) is 0.376. The molecule has 1 aliphatic rings. The number of hydrogen-bond donors (Lipinski definition) is 1. The van der Waals surface area contributed by atoms with E-state index in [9.17, 15) is 9.59 Å². The molecule has 0 aliphatic heterocycles. The summed E-state index contributed by atoms with van der Waals surface area (Å²) in [6, 6.07) is 16.7. The first-order valence-electron chi connectivity index (χ1n) is 10.5. The molecule has 0 bridgehead atoms. The summed E-state index contributed by atoms with van der Waals surface area (Å²) in [6.45, 7) is 0.572. The molecule has 31 heavy (non-hydrogen) atoms. The van der Waals surface area contributed by atoms with Gasteiger partial charge in [0.1, 0.15) is 12.4 Å². The van der Waals surface area contributed by atoms with Gasteiger partial charge in [-0.1, -0.05) is 24.3 Å². The number of carbonyl (C=O) groups excluding carboxylic acids is 1. The molecule has 1 N–H and O–H groups in total. The summed E-state index contributed by atoms with van der Waals surface area (Å²) in [6.07, 6.45) is 3.32.